The summed E-state index contributed by atoms with van der Waals surface area (Å²) in [5, 5.41) is 2.54. The van der Waals surface area contributed by atoms with E-state index in [4.69, 9.17) is 19.9 Å². The molecular formula is C51H36N4S. The van der Waals surface area contributed by atoms with Gasteiger partial charge in [-0.15, -0.1) is 11.3 Å². The lowest BCUT2D eigenvalue weighted by Gasteiger charge is -2.12. The number of hydrogen-bond donors (Lipinski definition) is 0. The van der Waals surface area contributed by atoms with Gasteiger partial charge in [-0.1, -0.05) is 164 Å². The fraction of sp³-hybridized carbons (Fsp3) is 0.0196. The molecule has 0 atom stereocenters. The van der Waals surface area contributed by atoms with Crippen LogP contribution in [0.2, 0.25) is 0 Å². The molecule has 0 N–H and O–H groups in total. The predicted octanol–water partition coefficient (Wildman–Crippen LogP) is 13.5. The molecule has 0 spiro atoms. The van der Waals surface area contributed by atoms with E-state index >= 15 is 0 Å². The van der Waals surface area contributed by atoms with E-state index in [1.807, 2.05) is 78.9 Å². The number of benzene rings is 7. The highest BCUT2D eigenvalue weighted by Crippen LogP contribution is 2.36. The third-order valence-electron chi connectivity index (χ3n) is 9.85. The molecule has 0 radical (unpaired) electrons. The van der Waals surface area contributed by atoms with Crippen LogP contribution in [0, 0.1) is 0 Å². The summed E-state index contributed by atoms with van der Waals surface area (Å²) in [7, 11) is 0. The van der Waals surface area contributed by atoms with Gasteiger partial charge in [-0.3, -0.25) is 4.99 Å². The molecule has 9 rings (SSSR count). The molecule has 2 heterocycles. The second-order valence-corrected chi connectivity index (χ2v) is 14.7. The number of fused-ring (bicyclic) bond motifs is 3. The van der Waals surface area contributed by atoms with Gasteiger partial charge in [-0.25, -0.2) is 15.0 Å². The number of thiophene rings is 1. The molecule has 0 amide bonds. The molecule has 266 valence electrons. The van der Waals surface area contributed by atoms with E-state index in [0.717, 1.165) is 61.5 Å². The molecule has 0 saturated heterocycles. The normalized spacial score (nSPS) is 11.9. The zero-order chi connectivity index (χ0) is 37.8. The van der Waals surface area contributed by atoms with Crippen LogP contribution in [-0.2, 0) is 0 Å². The minimum atomic E-state index is 0.587. The fourth-order valence-electron chi connectivity index (χ4n) is 6.91. The monoisotopic (exact) mass is 736 g/mol. The van der Waals surface area contributed by atoms with E-state index in [2.05, 4.69) is 123 Å². The van der Waals surface area contributed by atoms with E-state index < -0.39 is 0 Å². The molecule has 2 aromatic heterocycles. The first-order valence-corrected chi connectivity index (χ1v) is 19.4. The standard InChI is InChI=1S/C51H36N4S/c1-34(39-28-29-45-44-26-12-13-27-47(44)56-48(45)33-39)30-46(52-35(2)40-22-14-23-41(31-40)36-16-6-3-7-17-36)42-24-15-25-43(32-42)51-54-49(37-18-8-4-9-19-37)53-50(55-51)38-20-10-5-11-21-38/h3-33H,1H2,2H3/b46-30-,52-35?. The van der Waals surface area contributed by atoms with E-state index in [1.54, 1.807) is 11.3 Å². The Balaban J connectivity index is 1.16. The van der Waals surface area contributed by atoms with Crippen molar-refractivity contribution >= 4 is 48.5 Å². The lowest BCUT2D eigenvalue weighted by atomic mass is 10.00. The minimum absolute atomic E-state index is 0.587. The molecule has 0 saturated carbocycles. The summed E-state index contributed by atoms with van der Waals surface area (Å²) in [6, 6.07) is 62.6. The Morgan fingerprint density at radius 1 is 0.464 bits per heavy atom. The third kappa shape index (κ3) is 7.24. The highest BCUT2D eigenvalue weighted by Gasteiger charge is 2.15. The highest BCUT2D eigenvalue weighted by molar-refractivity contribution is 7.25. The number of allylic oxidation sites excluding steroid dienone is 2. The summed E-state index contributed by atoms with van der Waals surface area (Å²) in [6.45, 7) is 6.65. The average Bonchev–Trinajstić information content (AvgIpc) is 3.65. The second kappa shape index (κ2) is 15.3. The van der Waals surface area contributed by atoms with Crippen molar-refractivity contribution in [2.75, 3.05) is 0 Å². The van der Waals surface area contributed by atoms with Gasteiger partial charge in [0.05, 0.1) is 5.70 Å². The van der Waals surface area contributed by atoms with Gasteiger partial charge in [-0.05, 0) is 65.1 Å². The SMILES string of the molecule is C=C(/C=C(\N=C(C)c1cccc(-c2ccccc2)c1)c1cccc(-c2nc(-c3ccccc3)nc(-c3ccccc3)n2)c1)c1ccc2c(c1)sc1ccccc12. The number of rotatable bonds is 9. The molecule has 0 aliphatic carbocycles. The highest BCUT2D eigenvalue weighted by atomic mass is 32.1. The van der Waals surface area contributed by atoms with Gasteiger partial charge in [0.25, 0.3) is 0 Å². The summed E-state index contributed by atoms with van der Waals surface area (Å²) in [6.07, 6.45) is 2.09. The summed E-state index contributed by atoms with van der Waals surface area (Å²) in [4.78, 5) is 20.3. The Labute approximate surface area is 330 Å². The van der Waals surface area contributed by atoms with E-state index in [-0.39, 0.29) is 0 Å². The molecule has 7 aromatic carbocycles. The molecule has 56 heavy (non-hydrogen) atoms. The van der Waals surface area contributed by atoms with E-state index in [0.29, 0.717) is 17.5 Å². The number of hydrogen-bond acceptors (Lipinski definition) is 5. The maximum absolute atomic E-state index is 5.35. The van der Waals surface area contributed by atoms with E-state index in [1.165, 1.54) is 20.2 Å². The van der Waals surface area contributed by atoms with Crippen molar-refractivity contribution in [2.24, 2.45) is 4.99 Å². The Bertz CT molecular complexity index is 2870. The smallest absolute Gasteiger partial charge is 0.164 e. The first-order chi connectivity index (χ1) is 27.6. The van der Waals surface area contributed by atoms with Crippen molar-refractivity contribution in [3.8, 4) is 45.3 Å². The second-order valence-electron chi connectivity index (χ2n) is 13.6. The number of aromatic nitrogens is 3. The number of nitrogens with zero attached hydrogens (tertiary/aromatic N) is 4. The van der Waals surface area contributed by atoms with Crippen LogP contribution in [0.15, 0.2) is 200 Å². The lowest BCUT2D eigenvalue weighted by Crippen LogP contribution is -2.00. The van der Waals surface area contributed by atoms with Crippen molar-refractivity contribution < 1.29 is 0 Å². The van der Waals surface area contributed by atoms with Crippen molar-refractivity contribution in [1.29, 1.82) is 0 Å². The van der Waals surface area contributed by atoms with Crippen LogP contribution < -0.4 is 0 Å². The van der Waals surface area contributed by atoms with Gasteiger partial charge in [0, 0.05) is 48.1 Å². The van der Waals surface area contributed by atoms with E-state index in [9.17, 15) is 0 Å². The summed E-state index contributed by atoms with van der Waals surface area (Å²) in [5.41, 5.74) is 10.6. The van der Waals surface area contributed by atoms with Crippen LogP contribution in [0.4, 0.5) is 0 Å². The fourth-order valence-corrected chi connectivity index (χ4v) is 8.05. The van der Waals surface area contributed by atoms with Gasteiger partial charge in [0.1, 0.15) is 0 Å². The van der Waals surface area contributed by atoms with Gasteiger partial charge in [0.15, 0.2) is 17.5 Å². The average molecular weight is 737 g/mol. The summed E-state index contributed by atoms with van der Waals surface area (Å²) < 4.78 is 2.51. The number of aliphatic imine (C=N–C) groups is 1. The lowest BCUT2D eigenvalue weighted by molar-refractivity contribution is 1.07. The van der Waals surface area contributed by atoms with Gasteiger partial charge < -0.3 is 0 Å². The molecule has 0 aliphatic rings. The van der Waals surface area contributed by atoms with Gasteiger partial charge in [-0.2, -0.15) is 0 Å². The molecule has 9 aromatic rings. The van der Waals surface area contributed by atoms with Crippen LogP contribution in [-0.4, -0.2) is 20.7 Å². The zero-order valence-electron chi connectivity index (χ0n) is 30.8. The van der Waals surface area contributed by atoms with Crippen LogP contribution in [0.3, 0.4) is 0 Å². The maximum Gasteiger partial charge on any atom is 0.164 e. The molecule has 0 fully saturated rings. The van der Waals surface area contributed by atoms with Crippen molar-refractivity contribution in [3.05, 3.63) is 211 Å². The van der Waals surface area contributed by atoms with Crippen LogP contribution in [0.25, 0.3) is 76.7 Å². The van der Waals surface area contributed by atoms with Gasteiger partial charge >= 0.3 is 0 Å². The third-order valence-corrected chi connectivity index (χ3v) is 11.0. The molecule has 0 unspecified atom stereocenters. The van der Waals surface area contributed by atoms with Crippen LogP contribution in [0.5, 0.6) is 0 Å². The Morgan fingerprint density at radius 2 is 0.982 bits per heavy atom. The first kappa shape index (κ1) is 34.7. The topological polar surface area (TPSA) is 51.0 Å². The van der Waals surface area contributed by atoms with Crippen molar-refractivity contribution in [3.63, 3.8) is 0 Å². The first-order valence-electron chi connectivity index (χ1n) is 18.6. The largest absolute Gasteiger partial charge is 0.252 e. The van der Waals surface area contributed by atoms with Crippen LogP contribution in [0.1, 0.15) is 23.6 Å². The molecular weight excluding hydrogens is 701 g/mol. The Hall–Kier alpha value is -7.08. The quantitative estimate of drug-likeness (QED) is 0.109. The zero-order valence-corrected chi connectivity index (χ0v) is 31.6. The summed E-state index contributed by atoms with van der Waals surface area (Å²) in [5.74, 6) is 1.82. The molecule has 0 bridgehead atoms. The minimum Gasteiger partial charge on any atom is -0.252 e. The summed E-state index contributed by atoms with van der Waals surface area (Å²) >= 11 is 1.81. The van der Waals surface area contributed by atoms with Gasteiger partial charge in [0.2, 0.25) is 0 Å². The molecule has 0 aliphatic heterocycles. The molecule has 4 nitrogen and oxygen atoms in total. The van der Waals surface area contributed by atoms with Crippen LogP contribution >= 0.6 is 11.3 Å². The predicted molar refractivity (Wildman–Crippen MR) is 237 cm³/mol. The Morgan fingerprint density at radius 3 is 1.66 bits per heavy atom. The van der Waals surface area contributed by atoms with Crippen molar-refractivity contribution in [2.45, 2.75) is 6.92 Å². The maximum atomic E-state index is 5.35. The van der Waals surface area contributed by atoms with Crippen molar-refractivity contribution in [1.82, 2.24) is 15.0 Å². The Kier molecular flexibility index (Phi) is 9.50. The molecule has 5 heteroatoms.